The average molecular weight is 340 g/mol. The van der Waals surface area contributed by atoms with Crippen LogP contribution in [0.4, 0.5) is 5.69 Å². The maximum absolute atomic E-state index is 12.9. The molecule has 25 heavy (non-hydrogen) atoms. The molecule has 0 spiro atoms. The third-order valence-corrected chi connectivity index (χ3v) is 5.12. The summed E-state index contributed by atoms with van der Waals surface area (Å²) in [6, 6.07) is 8.33. The van der Waals surface area contributed by atoms with Crippen LogP contribution in [0.15, 0.2) is 43.0 Å². The molecule has 0 bridgehead atoms. The summed E-state index contributed by atoms with van der Waals surface area (Å²) in [5, 5.41) is 0. The fourth-order valence-corrected chi connectivity index (χ4v) is 3.69. The molecule has 1 aromatic heterocycles. The molecule has 4 rings (SSSR count). The first-order valence-corrected chi connectivity index (χ1v) is 9.01. The maximum atomic E-state index is 12.9. The highest BCUT2D eigenvalue weighted by molar-refractivity contribution is 5.94. The van der Waals surface area contributed by atoms with E-state index >= 15 is 0 Å². The van der Waals surface area contributed by atoms with E-state index in [1.807, 2.05) is 29.6 Å². The standard InChI is InChI=1S/C19H24N4O2/c24-19(22-8-1-2-18(14-22)23-9-7-20-15-23)16-3-5-17(6-4-16)21-10-12-25-13-11-21/h3-7,9,15,18H,1-2,8,10-14H2/t18-/m0/s1. The van der Waals surface area contributed by atoms with E-state index in [4.69, 9.17) is 4.74 Å². The molecule has 2 fully saturated rings. The third-order valence-electron chi connectivity index (χ3n) is 5.12. The topological polar surface area (TPSA) is 50.6 Å². The molecule has 0 radical (unpaired) electrons. The van der Waals surface area contributed by atoms with Crippen LogP contribution in [0.25, 0.3) is 0 Å². The van der Waals surface area contributed by atoms with Crippen molar-refractivity contribution in [2.45, 2.75) is 18.9 Å². The zero-order chi connectivity index (χ0) is 17.1. The van der Waals surface area contributed by atoms with Crippen LogP contribution in [-0.2, 0) is 4.74 Å². The van der Waals surface area contributed by atoms with E-state index in [1.54, 1.807) is 6.20 Å². The molecule has 132 valence electrons. The molecular weight excluding hydrogens is 316 g/mol. The Hall–Kier alpha value is -2.34. The van der Waals surface area contributed by atoms with E-state index in [1.165, 1.54) is 0 Å². The van der Waals surface area contributed by atoms with Gasteiger partial charge >= 0.3 is 0 Å². The lowest BCUT2D eigenvalue weighted by molar-refractivity contribution is 0.0679. The van der Waals surface area contributed by atoms with Crippen LogP contribution in [0.5, 0.6) is 0 Å². The van der Waals surface area contributed by atoms with Crippen molar-refractivity contribution in [2.75, 3.05) is 44.3 Å². The number of piperidine rings is 1. The third kappa shape index (κ3) is 3.54. The smallest absolute Gasteiger partial charge is 0.253 e. The Kier molecular flexibility index (Phi) is 4.70. The lowest BCUT2D eigenvalue weighted by atomic mass is 10.0. The van der Waals surface area contributed by atoms with Gasteiger partial charge in [-0.2, -0.15) is 0 Å². The first-order chi connectivity index (χ1) is 12.3. The molecule has 6 heteroatoms. The molecule has 0 aliphatic carbocycles. The van der Waals surface area contributed by atoms with Gasteiger partial charge in [-0.15, -0.1) is 0 Å². The average Bonchev–Trinajstić information content (AvgIpc) is 3.23. The molecule has 0 unspecified atom stereocenters. The Bertz CT molecular complexity index is 693. The van der Waals surface area contributed by atoms with Crippen molar-refractivity contribution in [2.24, 2.45) is 0 Å². The van der Waals surface area contributed by atoms with E-state index < -0.39 is 0 Å². The monoisotopic (exact) mass is 340 g/mol. The fraction of sp³-hybridized carbons (Fsp3) is 0.474. The summed E-state index contributed by atoms with van der Waals surface area (Å²) in [4.78, 5) is 21.3. The molecule has 3 heterocycles. The Labute approximate surface area is 148 Å². The summed E-state index contributed by atoms with van der Waals surface area (Å²) < 4.78 is 7.51. The number of aromatic nitrogens is 2. The van der Waals surface area contributed by atoms with E-state index in [0.29, 0.717) is 6.04 Å². The maximum Gasteiger partial charge on any atom is 0.253 e. The van der Waals surface area contributed by atoms with Crippen LogP contribution >= 0.6 is 0 Å². The van der Waals surface area contributed by atoms with Gasteiger partial charge in [-0.3, -0.25) is 4.79 Å². The number of carbonyl (C=O) groups excluding carboxylic acids is 1. The minimum atomic E-state index is 0.123. The van der Waals surface area contributed by atoms with Gasteiger partial charge in [-0.25, -0.2) is 4.98 Å². The van der Waals surface area contributed by atoms with Crippen LogP contribution in [0.2, 0.25) is 0 Å². The number of amides is 1. The van der Waals surface area contributed by atoms with Gasteiger partial charge in [0.25, 0.3) is 5.91 Å². The molecule has 2 aliphatic rings. The van der Waals surface area contributed by atoms with E-state index in [2.05, 4.69) is 26.6 Å². The summed E-state index contributed by atoms with van der Waals surface area (Å²) in [5.41, 5.74) is 1.93. The Morgan fingerprint density at radius 1 is 1.12 bits per heavy atom. The van der Waals surface area contributed by atoms with Crippen molar-refractivity contribution < 1.29 is 9.53 Å². The van der Waals surface area contributed by atoms with Gasteiger partial charge in [0, 0.05) is 49.8 Å². The van der Waals surface area contributed by atoms with Crippen molar-refractivity contribution in [3.05, 3.63) is 48.5 Å². The first-order valence-electron chi connectivity index (χ1n) is 9.01. The van der Waals surface area contributed by atoms with Crippen molar-refractivity contribution in [3.63, 3.8) is 0 Å². The zero-order valence-corrected chi connectivity index (χ0v) is 14.4. The minimum Gasteiger partial charge on any atom is -0.378 e. The number of hydrogen-bond acceptors (Lipinski definition) is 4. The molecule has 0 saturated carbocycles. The SMILES string of the molecule is O=C(c1ccc(N2CCOCC2)cc1)N1CCC[C@H](n2ccnc2)C1. The van der Waals surface area contributed by atoms with Gasteiger partial charge in [0.2, 0.25) is 0 Å². The number of rotatable bonds is 3. The summed E-state index contributed by atoms with van der Waals surface area (Å²) in [5.74, 6) is 0.123. The molecule has 1 atom stereocenters. The number of imidazole rings is 1. The molecule has 1 aromatic carbocycles. The second-order valence-electron chi connectivity index (χ2n) is 6.70. The molecule has 1 amide bonds. The first kappa shape index (κ1) is 16.1. The Morgan fingerprint density at radius 3 is 2.64 bits per heavy atom. The molecule has 2 saturated heterocycles. The molecule has 2 aliphatic heterocycles. The Balaban J connectivity index is 1.43. The number of ether oxygens (including phenoxy) is 1. The highest BCUT2D eigenvalue weighted by atomic mass is 16.5. The lowest BCUT2D eigenvalue weighted by Crippen LogP contribution is -2.40. The van der Waals surface area contributed by atoms with Gasteiger partial charge in [0.05, 0.1) is 25.6 Å². The number of morpholine rings is 1. The lowest BCUT2D eigenvalue weighted by Gasteiger charge is -2.33. The van der Waals surface area contributed by atoms with Crippen LogP contribution in [0, 0.1) is 0 Å². The van der Waals surface area contributed by atoms with Crippen molar-refractivity contribution in [1.29, 1.82) is 0 Å². The van der Waals surface area contributed by atoms with Crippen molar-refractivity contribution in [3.8, 4) is 0 Å². The summed E-state index contributed by atoms with van der Waals surface area (Å²) in [6.45, 7) is 4.93. The van der Waals surface area contributed by atoms with Gasteiger partial charge in [0.1, 0.15) is 0 Å². The van der Waals surface area contributed by atoms with E-state index in [0.717, 1.165) is 63.5 Å². The van der Waals surface area contributed by atoms with Crippen molar-refractivity contribution in [1.82, 2.24) is 14.5 Å². The number of nitrogens with zero attached hydrogens (tertiary/aromatic N) is 4. The summed E-state index contributed by atoms with van der Waals surface area (Å²) in [6.07, 6.45) is 7.74. The predicted octanol–water partition coefficient (Wildman–Crippen LogP) is 2.20. The van der Waals surface area contributed by atoms with Crippen LogP contribution in [0.1, 0.15) is 29.2 Å². The minimum absolute atomic E-state index is 0.123. The molecular formula is C19H24N4O2. The van der Waals surface area contributed by atoms with Crippen LogP contribution in [-0.4, -0.2) is 59.8 Å². The fourth-order valence-electron chi connectivity index (χ4n) is 3.69. The second-order valence-corrected chi connectivity index (χ2v) is 6.70. The molecule has 2 aromatic rings. The highest BCUT2D eigenvalue weighted by Crippen LogP contribution is 2.23. The van der Waals surface area contributed by atoms with Gasteiger partial charge in [0.15, 0.2) is 0 Å². The van der Waals surface area contributed by atoms with Crippen LogP contribution in [0.3, 0.4) is 0 Å². The second kappa shape index (κ2) is 7.27. The number of hydrogen-bond donors (Lipinski definition) is 0. The quantitative estimate of drug-likeness (QED) is 0.859. The van der Waals surface area contributed by atoms with Gasteiger partial charge in [-0.05, 0) is 37.1 Å². The van der Waals surface area contributed by atoms with E-state index in [-0.39, 0.29) is 5.91 Å². The summed E-state index contributed by atoms with van der Waals surface area (Å²) in [7, 11) is 0. The number of benzene rings is 1. The number of likely N-dealkylation sites (tertiary alicyclic amines) is 1. The predicted molar refractivity (Wildman–Crippen MR) is 95.9 cm³/mol. The Morgan fingerprint density at radius 2 is 1.92 bits per heavy atom. The van der Waals surface area contributed by atoms with Crippen molar-refractivity contribution >= 4 is 11.6 Å². The molecule has 0 N–H and O–H groups in total. The zero-order valence-electron chi connectivity index (χ0n) is 14.4. The normalized spacial score (nSPS) is 21.4. The van der Waals surface area contributed by atoms with E-state index in [9.17, 15) is 4.79 Å². The van der Waals surface area contributed by atoms with Gasteiger partial charge in [-0.1, -0.05) is 0 Å². The number of carbonyl (C=O) groups is 1. The highest BCUT2D eigenvalue weighted by Gasteiger charge is 2.25. The largest absolute Gasteiger partial charge is 0.378 e. The van der Waals surface area contributed by atoms with Gasteiger partial charge < -0.3 is 19.1 Å². The van der Waals surface area contributed by atoms with Crippen LogP contribution < -0.4 is 4.90 Å². The number of anilines is 1. The molecule has 6 nitrogen and oxygen atoms in total. The summed E-state index contributed by atoms with van der Waals surface area (Å²) >= 11 is 0.